The van der Waals surface area contributed by atoms with Crippen molar-refractivity contribution in [3.63, 3.8) is 0 Å². The van der Waals surface area contributed by atoms with Gasteiger partial charge in [-0.1, -0.05) is 24.3 Å². The average Bonchev–Trinajstić information content (AvgIpc) is 3.00. The number of hydrogen-bond acceptors (Lipinski definition) is 3. The molecule has 2 heterocycles. The molecule has 0 saturated carbocycles. The summed E-state index contributed by atoms with van der Waals surface area (Å²) in [4.78, 5) is 24.9. The number of rotatable bonds is 4. The van der Waals surface area contributed by atoms with Crippen LogP contribution in [0.4, 0.5) is 0 Å². The Morgan fingerprint density at radius 2 is 2.00 bits per heavy atom. The molecule has 0 fully saturated rings. The van der Waals surface area contributed by atoms with E-state index in [1.54, 1.807) is 11.1 Å². The third-order valence-corrected chi connectivity index (χ3v) is 3.85. The summed E-state index contributed by atoms with van der Waals surface area (Å²) in [6.45, 7) is 1.57. The van der Waals surface area contributed by atoms with Crippen molar-refractivity contribution >= 4 is 11.9 Å². The summed E-state index contributed by atoms with van der Waals surface area (Å²) in [7, 11) is 0. The lowest BCUT2D eigenvalue weighted by atomic mass is 9.99. The van der Waals surface area contributed by atoms with Crippen LogP contribution in [0.5, 0.6) is 0 Å². The van der Waals surface area contributed by atoms with Crippen molar-refractivity contribution in [3.05, 3.63) is 53.3 Å². The zero-order valence-electron chi connectivity index (χ0n) is 12.1. The molecule has 0 unspecified atom stereocenters. The highest BCUT2D eigenvalue weighted by Gasteiger charge is 2.22. The predicted molar refractivity (Wildman–Crippen MR) is 79.4 cm³/mol. The summed E-state index contributed by atoms with van der Waals surface area (Å²) in [5, 5.41) is 12.7. The van der Waals surface area contributed by atoms with E-state index < -0.39 is 5.97 Å². The van der Waals surface area contributed by atoms with E-state index in [2.05, 4.69) is 11.2 Å². The second-order valence-corrected chi connectivity index (χ2v) is 5.38. The summed E-state index contributed by atoms with van der Waals surface area (Å²) >= 11 is 0. The summed E-state index contributed by atoms with van der Waals surface area (Å²) in [5.41, 5.74) is 2.98. The Morgan fingerprint density at radius 3 is 2.77 bits per heavy atom. The minimum absolute atomic E-state index is 0.00754. The molecule has 0 radical (unpaired) electrons. The molecular weight excluding hydrogens is 282 g/mol. The van der Waals surface area contributed by atoms with Gasteiger partial charge in [-0.15, -0.1) is 0 Å². The van der Waals surface area contributed by atoms with Crippen molar-refractivity contribution < 1.29 is 14.7 Å². The van der Waals surface area contributed by atoms with Crippen molar-refractivity contribution in [1.82, 2.24) is 14.7 Å². The lowest BCUT2D eigenvalue weighted by Gasteiger charge is -2.28. The molecule has 0 spiro atoms. The quantitative estimate of drug-likeness (QED) is 0.929. The average molecular weight is 299 g/mol. The molecule has 6 nitrogen and oxygen atoms in total. The fraction of sp³-hybridized carbons (Fsp3) is 0.312. The first-order valence-electron chi connectivity index (χ1n) is 7.24. The van der Waals surface area contributed by atoms with Crippen LogP contribution in [-0.4, -0.2) is 38.2 Å². The Bertz CT molecular complexity index is 708. The molecule has 0 saturated heterocycles. The molecular formula is C16H17N3O3. The maximum absolute atomic E-state index is 12.5. The molecule has 22 heavy (non-hydrogen) atoms. The van der Waals surface area contributed by atoms with E-state index in [4.69, 9.17) is 5.11 Å². The third-order valence-electron chi connectivity index (χ3n) is 3.85. The molecule has 0 atom stereocenters. The van der Waals surface area contributed by atoms with Crippen LogP contribution in [0.2, 0.25) is 0 Å². The van der Waals surface area contributed by atoms with Crippen molar-refractivity contribution in [2.24, 2.45) is 0 Å². The summed E-state index contributed by atoms with van der Waals surface area (Å²) < 4.78 is 1.50. The van der Waals surface area contributed by atoms with E-state index in [1.165, 1.54) is 22.0 Å². The molecule has 1 amide bonds. The Balaban J connectivity index is 1.68. The largest absolute Gasteiger partial charge is 0.481 e. The molecule has 1 aromatic carbocycles. The van der Waals surface area contributed by atoms with E-state index >= 15 is 0 Å². The molecule has 114 valence electrons. The van der Waals surface area contributed by atoms with E-state index in [-0.39, 0.29) is 18.9 Å². The molecule has 6 heteroatoms. The number of amides is 1. The highest BCUT2D eigenvalue weighted by molar-refractivity contribution is 5.93. The highest BCUT2D eigenvalue weighted by atomic mass is 16.4. The fourth-order valence-electron chi connectivity index (χ4n) is 2.66. The van der Waals surface area contributed by atoms with Crippen LogP contribution in [0.25, 0.3) is 0 Å². The van der Waals surface area contributed by atoms with E-state index in [0.717, 1.165) is 6.42 Å². The van der Waals surface area contributed by atoms with Gasteiger partial charge >= 0.3 is 5.97 Å². The maximum atomic E-state index is 12.5. The lowest BCUT2D eigenvalue weighted by Crippen LogP contribution is -2.35. The van der Waals surface area contributed by atoms with Crippen molar-refractivity contribution in [2.75, 3.05) is 6.54 Å². The third kappa shape index (κ3) is 3.00. The smallest absolute Gasteiger partial charge is 0.305 e. The number of aromatic nitrogens is 2. The van der Waals surface area contributed by atoms with Crippen LogP contribution in [-0.2, 0) is 24.3 Å². The second kappa shape index (κ2) is 6.01. The van der Waals surface area contributed by atoms with Crippen LogP contribution in [0.3, 0.4) is 0 Å². The van der Waals surface area contributed by atoms with Gasteiger partial charge in [0.25, 0.3) is 5.91 Å². The molecule has 1 aliphatic heterocycles. The van der Waals surface area contributed by atoms with E-state index in [9.17, 15) is 9.59 Å². The van der Waals surface area contributed by atoms with Crippen LogP contribution in [0, 0.1) is 0 Å². The number of fused-ring (bicyclic) bond motifs is 1. The van der Waals surface area contributed by atoms with Gasteiger partial charge < -0.3 is 10.0 Å². The Kier molecular flexibility index (Phi) is 3.91. The van der Waals surface area contributed by atoms with Gasteiger partial charge in [-0.25, -0.2) is 0 Å². The van der Waals surface area contributed by atoms with Gasteiger partial charge in [0.15, 0.2) is 0 Å². The number of carboxylic acid groups (broad SMARTS) is 1. The number of carbonyl (C=O) groups excluding carboxylic acids is 1. The molecule has 1 aliphatic rings. The van der Waals surface area contributed by atoms with Gasteiger partial charge in [-0.2, -0.15) is 5.10 Å². The van der Waals surface area contributed by atoms with Crippen molar-refractivity contribution in [2.45, 2.75) is 25.9 Å². The predicted octanol–water partition coefficient (Wildman–Crippen LogP) is 1.56. The van der Waals surface area contributed by atoms with Crippen LogP contribution in [0.1, 0.15) is 27.9 Å². The van der Waals surface area contributed by atoms with Gasteiger partial charge in [-0.3, -0.25) is 14.3 Å². The van der Waals surface area contributed by atoms with Crippen LogP contribution >= 0.6 is 0 Å². The first kappa shape index (κ1) is 14.3. The van der Waals surface area contributed by atoms with Gasteiger partial charge in [0, 0.05) is 19.3 Å². The Labute approximate surface area is 128 Å². The summed E-state index contributed by atoms with van der Waals surface area (Å²) in [6, 6.07) is 8.14. The number of nitrogens with zero attached hydrogens (tertiary/aromatic N) is 3. The topological polar surface area (TPSA) is 75.4 Å². The van der Waals surface area contributed by atoms with E-state index in [1.807, 2.05) is 18.2 Å². The number of hydrogen-bond donors (Lipinski definition) is 1. The summed E-state index contributed by atoms with van der Waals surface area (Å²) in [6.07, 6.45) is 3.97. The Morgan fingerprint density at radius 1 is 1.23 bits per heavy atom. The van der Waals surface area contributed by atoms with Crippen molar-refractivity contribution in [1.29, 1.82) is 0 Å². The lowest BCUT2D eigenvalue weighted by molar-refractivity contribution is -0.137. The Hall–Kier alpha value is -2.63. The van der Waals surface area contributed by atoms with E-state index in [0.29, 0.717) is 18.7 Å². The number of carboxylic acids is 1. The van der Waals surface area contributed by atoms with Crippen LogP contribution < -0.4 is 0 Å². The molecule has 3 rings (SSSR count). The number of carbonyl (C=O) groups is 2. The summed E-state index contributed by atoms with van der Waals surface area (Å²) in [5.74, 6) is -0.938. The minimum atomic E-state index is -0.879. The SMILES string of the molecule is O=C(O)CCn1cc(C(=O)N2CCc3ccccc3C2)cn1. The highest BCUT2D eigenvalue weighted by Crippen LogP contribution is 2.20. The molecule has 1 N–H and O–H groups in total. The molecule has 0 bridgehead atoms. The molecule has 2 aromatic rings. The second-order valence-electron chi connectivity index (χ2n) is 5.38. The first-order valence-corrected chi connectivity index (χ1v) is 7.24. The fourth-order valence-corrected chi connectivity index (χ4v) is 2.66. The first-order chi connectivity index (χ1) is 10.6. The monoisotopic (exact) mass is 299 g/mol. The molecule has 1 aromatic heterocycles. The van der Waals surface area contributed by atoms with Gasteiger partial charge in [-0.05, 0) is 17.5 Å². The normalized spacial score (nSPS) is 13.7. The number of aryl methyl sites for hydroxylation is 1. The maximum Gasteiger partial charge on any atom is 0.305 e. The van der Waals surface area contributed by atoms with Gasteiger partial charge in [0.1, 0.15) is 0 Å². The number of benzene rings is 1. The number of aliphatic carboxylic acids is 1. The van der Waals surface area contributed by atoms with Gasteiger partial charge in [0.05, 0.1) is 24.7 Å². The van der Waals surface area contributed by atoms with Gasteiger partial charge in [0.2, 0.25) is 0 Å². The zero-order chi connectivity index (χ0) is 15.5. The van der Waals surface area contributed by atoms with Crippen LogP contribution in [0.15, 0.2) is 36.7 Å². The molecule has 0 aliphatic carbocycles. The standard InChI is InChI=1S/C16H17N3O3/c20-15(21)6-8-19-11-14(9-17-19)16(22)18-7-5-12-3-1-2-4-13(12)10-18/h1-4,9,11H,5-8,10H2,(H,20,21). The minimum Gasteiger partial charge on any atom is -0.481 e. The zero-order valence-corrected chi connectivity index (χ0v) is 12.1. The van der Waals surface area contributed by atoms with Crippen molar-refractivity contribution in [3.8, 4) is 0 Å².